The van der Waals surface area contributed by atoms with Crippen molar-refractivity contribution >= 4 is 22.5 Å². The maximum absolute atomic E-state index is 13.6. The van der Waals surface area contributed by atoms with Crippen molar-refractivity contribution in [1.29, 1.82) is 0 Å². The van der Waals surface area contributed by atoms with E-state index in [-0.39, 0.29) is 22.6 Å². The first-order chi connectivity index (χ1) is 14.3. The Balaban J connectivity index is 1.62. The minimum Gasteiger partial charge on any atom is -0.316 e. The first-order valence-corrected chi connectivity index (χ1v) is 9.81. The molecule has 4 heterocycles. The maximum atomic E-state index is 13.6. The summed E-state index contributed by atoms with van der Waals surface area (Å²) in [7, 11) is 1.69. The lowest BCUT2D eigenvalue weighted by Gasteiger charge is -2.22. The van der Waals surface area contributed by atoms with Crippen LogP contribution in [-0.4, -0.2) is 40.3 Å². The highest BCUT2D eigenvalue weighted by Gasteiger charge is 2.48. The number of carbonyl (C=O) groups excluding carboxylic acids is 1. The van der Waals surface area contributed by atoms with E-state index in [4.69, 9.17) is 0 Å². The van der Waals surface area contributed by atoms with Crippen LogP contribution in [0.3, 0.4) is 0 Å². The number of fused-ring (bicyclic) bond motifs is 1. The molecular formula is C21H20F3N5O. The molecule has 0 aliphatic carbocycles. The summed E-state index contributed by atoms with van der Waals surface area (Å²) in [4.78, 5) is 18.5. The zero-order chi connectivity index (χ0) is 21.1. The third kappa shape index (κ3) is 2.79. The zero-order valence-electron chi connectivity index (χ0n) is 16.3. The van der Waals surface area contributed by atoms with Gasteiger partial charge in [0.15, 0.2) is 0 Å². The van der Waals surface area contributed by atoms with Gasteiger partial charge in [0.2, 0.25) is 5.91 Å². The molecule has 9 heteroatoms. The number of carbonyl (C=O) groups is 1. The van der Waals surface area contributed by atoms with E-state index in [0.29, 0.717) is 29.7 Å². The summed E-state index contributed by atoms with van der Waals surface area (Å²) in [6.45, 7) is 2.10. The van der Waals surface area contributed by atoms with Gasteiger partial charge in [0, 0.05) is 49.2 Å². The van der Waals surface area contributed by atoms with Crippen molar-refractivity contribution in [3.63, 3.8) is 0 Å². The Labute approximate surface area is 170 Å². The van der Waals surface area contributed by atoms with Crippen molar-refractivity contribution in [3.05, 3.63) is 42.2 Å². The number of hydrogen-bond acceptors (Lipinski definition) is 4. The Morgan fingerprint density at radius 3 is 2.77 bits per heavy atom. The topological polar surface area (TPSA) is 63.1 Å². The molecule has 0 radical (unpaired) electrons. The van der Waals surface area contributed by atoms with Crippen LogP contribution in [0.15, 0.2) is 36.7 Å². The van der Waals surface area contributed by atoms with Crippen LogP contribution in [0.25, 0.3) is 22.2 Å². The SMILES string of the molecule is Cn1nc(-c2ccncc2C(F)(F)F)c2cc(N3CC[C@]4(CCNC4)C3=O)ccc21. The molecule has 1 aromatic carbocycles. The lowest BCUT2D eigenvalue weighted by Crippen LogP contribution is -2.36. The lowest BCUT2D eigenvalue weighted by molar-refractivity contribution is -0.137. The Morgan fingerprint density at radius 2 is 2.03 bits per heavy atom. The number of aromatic nitrogens is 3. The van der Waals surface area contributed by atoms with Crippen molar-refractivity contribution in [2.45, 2.75) is 19.0 Å². The summed E-state index contributed by atoms with van der Waals surface area (Å²) in [5.74, 6) is 0.0807. The van der Waals surface area contributed by atoms with Gasteiger partial charge in [0.25, 0.3) is 0 Å². The smallest absolute Gasteiger partial charge is 0.316 e. The van der Waals surface area contributed by atoms with Gasteiger partial charge in [-0.1, -0.05) is 0 Å². The molecule has 2 fully saturated rings. The van der Waals surface area contributed by atoms with Crippen molar-refractivity contribution in [3.8, 4) is 11.3 Å². The monoisotopic (exact) mass is 415 g/mol. The summed E-state index contributed by atoms with van der Waals surface area (Å²) in [5.41, 5.74) is 0.401. The van der Waals surface area contributed by atoms with E-state index in [1.165, 1.54) is 12.3 Å². The highest BCUT2D eigenvalue weighted by Crippen LogP contribution is 2.42. The first-order valence-electron chi connectivity index (χ1n) is 9.81. The van der Waals surface area contributed by atoms with Crippen molar-refractivity contribution < 1.29 is 18.0 Å². The largest absolute Gasteiger partial charge is 0.418 e. The number of aryl methyl sites for hydroxylation is 1. The fourth-order valence-electron chi connectivity index (χ4n) is 4.65. The number of nitrogens with zero attached hydrogens (tertiary/aromatic N) is 4. The van der Waals surface area contributed by atoms with Gasteiger partial charge in [-0.2, -0.15) is 18.3 Å². The van der Waals surface area contributed by atoms with Crippen LogP contribution in [0.2, 0.25) is 0 Å². The number of pyridine rings is 1. The molecule has 5 rings (SSSR count). The van der Waals surface area contributed by atoms with Crippen LogP contribution in [0.5, 0.6) is 0 Å². The molecule has 1 N–H and O–H groups in total. The Hall–Kier alpha value is -2.94. The summed E-state index contributed by atoms with van der Waals surface area (Å²) in [6.07, 6.45) is -0.803. The molecule has 6 nitrogen and oxygen atoms in total. The predicted octanol–water partition coefficient (Wildman–Crippen LogP) is 3.37. The molecule has 0 bridgehead atoms. The standard InChI is InChI=1S/C21H20F3N5O/c1-28-17-3-2-13(29-9-6-20(19(29)30)5-8-26-12-20)10-15(17)18(27-28)14-4-7-25-11-16(14)21(22,23)24/h2-4,7,10-11,26H,5-6,8-9,12H2,1H3/t20-/m0/s1. The molecule has 2 saturated heterocycles. The fourth-order valence-corrected chi connectivity index (χ4v) is 4.65. The number of nitrogens with one attached hydrogen (secondary N) is 1. The second kappa shape index (κ2) is 6.53. The fraction of sp³-hybridized carbons (Fsp3) is 0.381. The third-order valence-electron chi connectivity index (χ3n) is 6.28. The number of amides is 1. The van der Waals surface area contributed by atoms with Crippen LogP contribution in [-0.2, 0) is 18.0 Å². The molecule has 1 atom stereocenters. The number of hydrogen-bond donors (Lipinski definition) is 1. The molecule has 3 aromatic rings. The van der Waals surface area contributed by atoms with Gasteiger partial charge >= 0.3 is 6.18 Å². The summed E-state index contributed by atoms with van der Waals surface area (Å²) < 4.78 is 42.2. The van der Waals surface area contributed by atoms with Gasteiger partial charge in [-0.3, -0.25) is 14.5 Å². The average molecular weight is 415 g/mol. The number of halogens is 3. The number of benzene rings is 1. The average Bonchev–Trinajstić information content (AvgIpc) is 3.41. The van der Waals surface area contributed by atoms with E-state index in [0.717, 1.165) is 25.6 Å². The first kappa shape index (κ1) is 19.0. The normalized spacial score (nSPS) is 22.0. The number of alkyl halides is 3. The van der Waals surface area contributed by atoms with Crippen LogP contribution >= 0.6 is 0 Å². The van der Waals surface area contributed by atoms with E-state index in [2.05, 4.69) is 15.4 Å². The molecule has 30 heavy (non-hydrogen) atoms. The van der Waals surface area contributed by atoms with Gasteiger partial charge < -0.3 is 10.2 Å². The number of anilines is 1. The van der Waals surface area contributed by atoms with Crippen LogP contribution in [0, 0.1) is 5.41 Å². The van der Waals surface area contributed by atoms with E-state index < -0.39 is 11.7 Å². The molecule has 0 unspecified atom stereocenters. The zero-order valence-corrected chi connectivity index (χ0v) is 16.3. The Bertz CT molecular complexity index is 1150. The van der Waals surface area contributed by atoms with Crippen molar-refractivity contribution in [1.82, 2.24) is 20.1 Å². The Kier molecular flexibility index (Phi) is 4.15. The van der Waals surface area contributed by atoms with Crippen LogP contribution in [0.4, 0.5) is 18.9 Å². The second-order valence-corrected chi connectivity index (χ2v) is 8.01. The molecular weight excluding hydrogens is 395 g/mol. The predicted molar refractivity (Wildman–Crippen MR) is 106 cm³/mol. The van der Waals surface area contributed by atoms with E-state index in [1.807, 2.05) is 6.07 Å². The van der Waals surface area contributed by atoms with Gasteiger partial charge in [-0.15, -0.1) is 0 Å². The molecule has 2 aliphatic heterocycles. The van der Waals surface area contributed by atoms with E-state index >= 15 is 0 Å². The second-order valence-electron chi connectivity index (χ2n) is 8.01. The highest BCUT2D eigenvalue weighted by atomic mass is 19.4. The third-order valence-corrected chi connectivity index (χ3v) is 6.28. The molecule has 1 amide bonds. The van der Waals surface area contributed by atoms with E-state index in [1.54, 1.807) is 28.8 Å². The van der Waals surface area contributed by atoms with Crippen molar-refractivity contribution in [2.75, 3.05) is 24.5 Å². The van der Waals surface area contributed by atoms with Crippen molar-refractivity contribution in [2.24, 2.45) is 12.5 Å². The molecule has 156 valence electrons. The maximum Gasteiger partial charge on any atom is 0.418 e. The van der Waals surface area contributed by atoms with Gasteiger partial charge in [0.1, 0.15) is 5.69 Å². The minimum atomic E-state index is -4.54. The summed E-state index contributed by atoms with van der Waals surface area (Å²) >= 11 is 0. The molecule has 1 spiro atoms. The lowest BCUT2D eigenvalue weighted by atomic mass is 9.86. The minimum absolute atomic E-state index is 0.0236. The summed E-state index contributed by atoms with van der Waals surface area (Å²) in [6, 6.07) is 6.75. The molecule has 0 saturated carbocycles. The van der Waals surface area contributed by atoms with Crippen LogP contribution < -0.4 is 10.2 Å². The van der Waals surface area contributed by atoms with E-state index in [9.17, 15) is 18.0 Å². The molecule has 2 aromatic heterocycles. The van der Waals surface area contributed by atoms with Gasteiger partial charge in [-0.25, -0.2) is 0 Å². The Morgan fingerprint density at radius 1 is 1.20 bits per heavy atom. The molecule has 2 aliphatic rings. The van der Waals surface area contributed by atoms with Gasteiger partial charge in [0.05, 0.1) is 16.5 Å². The van der Waals surface area contributed by atoms with Crippen LogP contribution in [0.1, 0.15) is 18.4 Å². The quantitative estimate of drug-likeness (QED) is 0.697. The van der Waals surface area contributed by atoms with Gasteiger partial charge in [-0.05, 0) is 43.7 Å². The highest BCUT2D eigenvalue weighted by molar-refractivity contribution is 6.03. The number of rotatable bonds is 2. The summed E-state index contributed by atoms with van der Waals surface area (Å²) in [5, 5.41) is 8.21.